The molecule has 0 amide bonds. The summed E-state index contributed by atoms with van der Waals surface area (Å²) in [4.78, 5) is 3.95. The molecule has 3 aromatic rings. The Kier molecular flexibility index (Phi) is 5.24. The lowest BCUT2D eigenvalue weighted by Gasteiger charge is -2.16. The highest BCUT2D eigenvalue weighted by molar-refractivity contribution is 7.98. The fourth-order valence-corrected chi connectivity index (χ4v) is 3.39. The number of hydrogen-bond acceptors (Lipinski definition) is 4. The van der Waals surface area contributed by atoms with E-state index in [2.05, 4.69) is 15.2 Å². The minimum absolute atomic E-state index is 0.0550. The molecule has 4 nitrogen and oxygen atoms in total. The van der Waals surface area contributed by atoms with Gasteiger partial charge in [-0.15, -0.1) is 10.2 Å². The van der Waals surface area contributed by atoms with Crippen molar-refractivity contribution in [3.8, 4) is 5.69 Å². The van der Waals surface area contributed by atoms with E-state index in [0.717, 1.165) is 18.0 Å². The topological polar surface area (TPSA) is 43.6 Å². The maximum absolute atomic E-state index is 12.8. The van der Waals surface area contributed by atoms with Crippen LogP contribution in [0.2, 0.25) is 5.02 Å². The summed E-state index contributed by atoms with van der Waals surface area (Å²) in [7, 11) is 0. The van der Waals surface area contributed by atoms with Crippen LogP contribution in [0.1, 0.15) is 29.9 Å². The van der Waals surface area contributed by atoms with E-state index < -0.39 is 17.7 Å². The molecule has 2 aromatic heterocycles. The minimum atomic E-state index is -4.49. The number of para-hydroxylation sites is 1. The van der Waals surface area contributed by atoms with Gasteiger partial charge < -0.3 is 0 Å². The molecule has 0 saturated carbocycles. The largest absolute Gasteiger partial charge is 0.417 e. The molecule has 0 unspecified atom stereocenters. The predicted molar refractivity (Wildman–Crippen MR) is 94.9 cm³/mol. The highest BCUT2D eigenvalue weighted by Crippen LogP contribution is 2.35. The Morgan fingerprint density at radius 2 is 1.85 bits per heavy atom. The van der Waals surface area contributed by atoms with Gasteiger partial charge in [0, 0.05) is 11.9 Å². The normalized spacial score (nSPS) is 13.0. The zero-order valence-corrected chi connectivity index (χ0v) is 15.4. The summed E-state index contributed by atoms with van der Waals surface area (Å²) in [6.45, 7) is 1.79. The van der Waals surface area contributed by atoms with Gasteiger partial charge in [0.05, 0.1) is 22.2 Å². The number of alkyl halides is 3. The summed E-state index contributed by atoms with van der Waals surface area (Å²) in [6.07, 6.45) is -1.83. The second-order valence-electron chi connectivity index (χ2n) is 5.53. The number of pyridine rings is 1. The smallest absolute Gasteiger partial charge is 0.273 e. The van der Waals surface area contributed by atoms with Gasteiger partial charge in [0.25, 0.3) is 0 Å². The van der Waals surface area contributed by atoms with Gasteiger partial charge in [0.1, 0.15) is 5.82 Å². The van der Waals surface area contributed by atoms with E-state index in [9.17, 15) is 13.2 Å². The van der Waals surface area contributed by atoms with Crippen molar-refractivity contribution in [1.82, 2.24) is 19.7 Å². The predicted octanol–water partition coefficient (Wildman–Crippen LogP) is 5.21. The Labute approximate surface area is 157 Å². The molecule has 0 aliphatic carbocycles. The van der Waals surface area contributed by atoms with E-state index in [1.807, 2.05) is 41.2 Å². The standard InChI is InChI=1S/C17H14ClF3N4S/c1-10(14-13(18)8-11(9-22-14)17(19,20)21)15-23-24-16(26-2)25(15)12-6-4-3-5-7-12/h3-10H,1-2H3/t10-/m0/s1. The number of rotatable bonds is 4. The molecule has 0 fully saturated rings. The first kappa shape index (κ1) is 18.7. The molecular weight excluding hydrogens is 385 g/mol. The fraction of sp³-hybridized carbons (Fsp3) is 0.235. The summed E-state index contributed by atoms with van der Waals surface area (Å²) >= 11 is 7.51. The number of aromatic nitrogens is 4. The molecule has 26 heavy (non-hydrogen) atoms. The van der Waals surface area contributed by atoms with Gasteiger partial charge in [-0.05, 0) is 31.4 Å². The lowest BCUT2D eigenvalue weighted by molar-refractivity contribution is -0.137. The van der Waals surface area contributed by atoms with Crippen LogP contribution < -0.4 is 0 Å². The Hall–Kier alpha value is -2.06. The van der Waals surface area contributed by atoms with E-state index in [0.29, 0.717) is 16.7 Å². The van der Waals surface area contributed by atoms with Crippen molar-refractivity contribution < 1.29 is 13.2 Å². The Bertz CT molecular complexity index is 912. The first-order chi connectivity index (χ1) is 12.3. The van der Waals surface area contributed by atoms with Crippen molar-refractivity contribution in [3.05, 3.63) is 64.7 Å². The second kappa shape index (κ2) is 7.28. The van der Waals surface area contributed by atoms with Crippen LogP contribution in [0.5, 0.6) is 0 Å². The van der Waals surface area contributed by atoms with Crippen LogP contribution >= 0.6 is 23.4 Å². The maximum Gasteiger partial charge on any atom is 0.417 e. The summed E-state index contributed by atoms with van der Waals surface area (Å²) in [5, 5.41) is 9.01. The molecule has 3 rings (SSSR count). The molecule has 0 spiro atoms. The number of thioether (sulfide) groups is 1. The molecule has 9 heteroatoms. The highest BCUT2D eigenvalue weighted by atomic mass is 35.5. The molecule has 0 bridgehead atoms. The Morgan fingerprint density at radius 3 is 2.42 bits per heavy atom. The van der Waals surface area contributed by atoms with Gasteiger partial charge in [-0.3, -0.25) is 9.55 Å². The molecule has 0 N–H and O–H groups in total. The van der Waals surface area contributed by atoms with Gasteiger partial charge in [-0.25, -0.2) is 0 Å². The van der Waals surface area contributed by atoms with Crippen LogP contribution in [0.4, 0.5) is 13.2 Å². The highest BCUT2D eigenvalue weighted by Gasteiger charge is 2.32. The van der Waals surface area contributed by atoms with Crippen LogP contribution in [0.15, 0.2) is 47.8 Å². The van der Waals surface area contributed by atoms with Gasteiger partial charge in [-0.1, -0.05) is 41.6 Å². The zero-order chi connectivity index (χ0) is 18.9. The van der Waals surface area contributed by atoms with E-state index in [1.165, 1.54) is 11.8 Å². The molecule has 0 aliphatic heterocycles. The maximum atomic E-state index is 12.8. The van der Waals surface area contributed by atoms with E-state index >= 15 is 0 Å². The fourth-order valence-electron chi connectivity index (χ4n) is 2.56. The van der Waals surface area contributed by atoms with Gasteiger partial charge in [-0.2, -0.15) is 13.2 Å². The first-order valence-electron chi connectivity index (χ1n) is 7.60. The zero-order valence-electron chi connectivity index (χ0n) is 13.8. The quantitative estimate of drug-likeness (QED) is 0.566. The van der Waals surface area contributed by atoms with Crippen LogP contribution in [0.25, 0.3) is 5.69 Å². The Balaban J connectivity index is 2.07. The third-order valence-electron chi connectivity index (χ3n) is 3.85. The monoisotopic (exact) mass is 398 g/mol. The number of hydrogen-bond donors (Lipinski definition) is 0. The molecule has 2 heterocycles. The molecule has 0 saturated heterocycles. The van der Waals surface area contributed by atoms with Crippen LogP contribution in [-0.2, 0) is 6.18 Å². The molecule has 1 aromatic carbocycles. The summed E-state index contributed by atoms with van der Waals surface area (Å²) in [5.41, 5.74) is 0.288. The SMILES string of the molecule is CSc1nnc([C@@H](C)c2ncc(C(F)(F)F)cc2Cl)n1-c1ccccc1. The van der Waals surface area contributed by atoms with Crippen molar-refractivity contribution in [2.24, 2.45) is 0 Å². The Morgan fingerprint density at radius 1 is 1.15 bits per heavy atom. The van der Waals surface area contributed by atoms with Crippen LogP contribution in [0, 0.1) is 0 Å². The molecule has 0 aliphatic rings. The summed E-state index contributed by atoms with van der Waals surface area (Å²) in [6, 6.07) is 10.4. The lowest BCUT2D eigenvalue weighted by atomic mass is 10.0. The van der Waals surface area contributed by atoms with Crippen molar-refractivity contribution >= 4 is 23.4 Å². The number of nitrogens with zero attached hydrogens (tertiary/aromatic N) is 4. The van der Waals surface area contributed by atoms with Crippen LogP contribution in [-0.4, -0.2) is 26.0 Å². The molecule has 1 atom stereocenters. The first-order valence-corrected chi connectivity index (χ1v) is 9.20. The van der Waals surface area contributed by atoms with Crippen LogP contribution in [0.3, 0.4) is 0 Å². The van der Waals surface area contributed by atoms with Crippen molar-refractivity contribution in [1.29, 1.82) is 0 Å². The van der Waals surface area contributed by atoms with E-state index in [4.69, 9.17) is 11.6 Å². The van der Waals surface area contributed by atoms with E-state index in [1.54, 1.807) is 6.92 Å². The molecule has 0 radical (unpaired) electrons. The minimum Gasteiger partial charge on any atom is -0.273 e. The third-order valence-corrected chi connectivity index (χ3v) is 4.78. The van der Waals surface area contributed by atoms with Gasteiger partial charge >= 0.3 is 6.18 Å². The number of halogens is 4. The average molecular weight is 399 g/mol. The summed E-state index contributed by atoms with van der Waals surface area (Å²) < 4.78 is 40.3. The molecular formula is C17H14ClF3N4S. The summed E-state index contributed by atoms with van der Waals surface area (Å²) in [5.74, 6) is 0.105. The van der Waals surface area contributed by atoms with E-state index in [-0.39, 0.29) is 5.02 Å². The van der Waals surface area contributed by atoms with Crippen molar-refractivity contribution in [2.75, 3.05) is 6.26 Å². The van der Waals surface area contributed by atoms with Gasteiger partial charge in [0.15, 0.2) is 5.16 Å². The third kappa shape index (κ3) is 3.57. The molecule has 136 valence electrons. The lowest BCUT2D eigenvalue weighted by Crippen LogP contribution is -2.11. The average Bonchev–Trinajstić information content (AvgIpc) is 3.05. The number of benzene rings is 1. The van der Waals surface area contributed by atoms with Crippen molar-refractivity contribution in [2.45, 2.75) is 24.2 Å². The van der Waals surface area contributed by atoms with Crippen molar-refractivity contribution in [3.63, 3.8) is 0 Å². The second-order valence-corrected chi connectivity index (χ2v) is 6.71. The van der Waals surface area contributed by atoms with Gasteiger partial charge in [0.2, 0.25) is 0 Å².